The molecule has 0 radical (unpaired) electrons. The van der Waals surface area contributed by atoms with Gasteiger partial charge in [0.05, 0.1) is 10.8 Å². The van der Waals surface area contributed by atoms with Gasteiger partial charge in [0.15, 0.2) is 11.4 Å². The summed E-state index contributed by atoms with van der Waals surface area (Å²) in [5, 5.41) is 5.31. The van der Waals surface area contributed by atoms with Crippen molar-refractivity contribution >= 4 is 56.5 Å². The minimum absolute atomic E-state index is 0.0917. The first-order valence-corrected chi connectivity index (χ1v) is 15.6. The first-order valence-electron chi connectivity index (χ1n) is 15.6. The molecule has 3 heterocycles. The molecule has 214 valence electrons. The molecule has 0 spiro atoms. The summed E-state index contributed by atoms with van der Waals surface area (Å²) in [6, 6.07) is 31.0. The molecule has 0 unspecified atom stereocenters. The molecule has 43 heavy (non-hydrogen) atoms. The summed E-state index contributed by atoms with van der Waals surface area (Å²) in [5.74, 6) is 0. The molecular weight excluding hydrogens is 522 g/mol. The molecule has 4 aromatic carbocycles. The van der Waals surface area contributed by atoms with Crippen molar-refractivity contribution in [2.24, 2.45) is 0 Å². The number of rotatable bonds is 6. The van der Waals surface area contributed by atoms with Gasteiger partial charge in [-0.15, -0.1) is 0 Å². The summed E-state index contributed by atoms with van der Waals surface area (Å²) in [4.78, 5) is 3.65. The molecule has 1 aromatic heterocycles. The van der Waals surface area contributed by atoms with Crippen LogP contribution in [0.4, 0.5) is 11.4 Å². The van der Waals surface area contributed by atoms with Crippen LogP contribution in [-0.4, -0.2) is 38.6 Å². The maximum Gasteiger partial charge on any atom is 0.210 e. The van der Waals surface area contributed by atoms with Crippen LogP contribution in [0.5, 0.6) is 0 Å². The highest BCUT2D eigenvalue weighted by molar-refractivity contribution is 6.10. The Morgan fingerprint density at radius 2 is 0.953 bits per heavy atom. The first kappa shape index (κ1) is 27.3. The van der Waals surface area contributed by atoms with E-state index in [-0.39, 0.29) is 10.8 Å². The van der Waals surface area contributed by atoms with Crippen molar-refractivity contribution in [1.29, 1.82) is 0 Å². The minimum Gasteiger partial charge on any atom is -0.356 e. The Bertz CT molecular complexity index is 1900. The predicted octanol–water partition coefficient (Wildman–Crippen LogP) is 9.54. The second-order valence-electron chi connectivity index (χ2n) is 12.9. The minimum atomic E-state index is -0.0917. The maximum absolute atomic E-state index is 3.65. The highest BCUT2D eigenvalue weighted by Crippen LogP contribution is 2.45. The molecule has 0 atom stereocenters. The standard InChI is InChI=1S/C40H40N3/c1-7-42-33-23-17-27-13-9-11-15-31(27)37(33)39(3,4)35(42)25-21-29-19-20-30(41-29)22-26-36-40(5,6)38-32-16-12-10-14-28(32)18-24-34(38)43(36)8-2/h9-26H,7-8H2,1-6H3/q+1/p+1. The van der Waals surface area contributed by atoms with E-state index in [4.69, 9.17) is 0 Å². The quantitative estimate of drug-likeness (QED) is 0.199. The SMILES string of the molecule is CC[N+]1=C(C=Cc2ccc(C=CC3=[N+](CC)c4ccc5ccccc5c4C3(C)C)[nH]2)C(C)(C)c2c1ccc1ccccc21. The van der Waals surface area contributed by atoms with Crippen molar-refractivity contribution in [2.45, 2.75) is 52.4 Å². The lowest BCUT2D eigenvalue weighted by molar-refractivity contribution is -0.433. The lowest BCUT2D eigenvalue weighted by Crippen LogP contribution is -2.27. The van der Waals surface area contributed by atoms with Crippen molar-refractivity contribution in [1.82, 2.24) is 4.98 Å². The fourth-order valence-corrected chi connectivity index (χ4v) is 7.71. The van der Waals surface area contributed by atoms with Gasteiger partial charge < -0.3 is 4.98 Å². The average molecular weight is 564 g/mol. The van der Waals surface area contributed by atoms with Crippen molar-refractivity contribution in [3.8, 4) is 0 Å². The topological polar surface area (TPSA) is 21.8 Å². The van der Waals surface area contributed by atoms with E-state index >= 15 is 0 Å². The molecule has 3 heteroatoms. The Balaban J connectivity index is 1.19. The van der Waals surface area contributed by atoms with Gasteiger partial charge in [0.25, 0.3) is 0 Å². The van der Waals surface area contributed by atoms with Crippen molar-refractivity contribution < 1.29 is 9.15 Å². The van der Waals surface area contributed by atoms with E-state index in [2.05, 4.69) is 165 Å². The summed E-state index contributed by atoms with van der Waals surface area (Å²) < 4.78 is 4.95. The monoisotopic (exact) mass is 563 g/mol. The number of fused-ring (bicyclic) bond motifs is 6. The third-order valence-corrected chi connectivity index (χ3v) is 9.71. The van der Waals surface area contributed by atoms with Gasteiger partial charge in [-0.2, -0.15) is 9.15 Å². The fraction of sp³-hybridized carbons (Fsp3) is 0.250. The molecule has 2 aliphatic heterocycles. The number of H-pyrrole nitrogens is 1. The van der Waals surface area contributed by atoms with Crippen LogP contribution in [-0.2, 0) is 10.8 Å². The zero-order valence-electron chi connectivity index (χ0n) is 26.2. The predicted molar refractivity (Wildman–Crippen MR) is 184 cm³/mol. The number of benzene rings is 4. The van der Waals surface area contributed by atoms with Gasteiger partial charge in [-0.3, -0.25) is 0 Å². The van der Waals surface area contributed by atoms with E-state index in [0.29, 0.717) is 0 Å². The Morgan fingerprint density at radius 3 is 1.37 bits per heavy atom. The molecule has 0 saturated heterocycles. The lowest BCUT2D eigenvalue weighted by atomic mass is 9.79. The number of allylic oxidation sites excluding steroid dienone is 2. The van der Waals surface area contributed by atoms with Crippen LogP contribution < -0.4 is 0 Å². The maximum atomic E-state index is 3.65. The summed E-state index contributed by atoms with van der Waals surface area (Å²) >= 11 is 0. The number of nitrogens with zero attached hydrogens (tertiary/aromatic N) is 2. The van der Waals surface area contributed by atoms with Crippen LogP contribution in [0.1, 0.15) is 64.1 Å². The van der Waals surface area contributed by atoms with Gasteiger partial charge in [-0.1, -0.05) is 48.5 Å². The van der Waals surface area contributed by atoms with Crippen molar-refractivity contribution in [2.75, 3.05) is 13.1 Å². The molecule has 0 saturated carbocycles. The van der Waals surface area contributed by atoms with Crippen LogP contribution in [0.3, 0.4) is 0 Å². The van der Waals surface area contributed by atoms with Gasteiger partial charge >= 0.3 is 0 Å². The van der Waals surface area contributed by atoms with Gasteiger partial charge in [0.2, 0.25) is 11.4 Å². The number of aromatic nitrogens is 1. The summed E-state index contributed by atoms with van der Waals surface area (Å²) in [6.07, 6.45) is 9.09. The smallest absolute Gasteiger partial charge is 0.210 e. The van der Waals surface area contributed by atoms with Gasteiger partial charge in [-0.05, 0) is 99.5 Å². The fourth-order valence-electron chi connectivity index (χ4n) is 7.71. The lowest BCUT2D eigenvalue weighted by Gasteiger charge is -2.17. The first-order chi connectivity index (χ1) is 20.8. The highest BCUT2D eigenvalue weighted by Gasteiger charge is 2.46. The summed E-state index contributed by atoms with van der Waals surface area (Å²) in [7, 11) is 0. The third-order valence-electron chi connectivity index (χ3n) is 9.71. The average Bonchev–Trinajstić information content (AvgIpc) is 3.62. The molecule has 3 nitrogen and oxygen atoms in total. The van der Waals surface area contributed by atoms with Crippen LogP contribution in [0, 0.1) is 0 Å². The molecule has 0 amide bonds. The second kappa shape index (κ2) is 10.1. The van der Waals surface area contributed by atoms with E-state index in [9.17, 15) is 0 Å². The summed E-state index contributed by atoms with van der Waals surface area (Å²) in [6.45, 7) is 15.8. The highest BCUT2D eigenvalue weighted by atomic mass is 15.1. The Kier molecular flexibility index (Phi) is 6.39. The van der Waals surface area contributed by atoms with Gasteiger partial charge in [0, 0.05) is 46.8 Å². The van der Waals surface area contributed by atoms with E-state index in [1.807, 2.05) is 0 Å². The second-order valence-corrected chi connectivity index (χ2v) is 12.9. The molecule has 7 rings (SSSR count). The van der Waals surface area contributed by atoms with Crippen molar-refractivity contribution in [3.05, 3.63) is 120 Å². The molecule has 0 aliphatic carbocycles. The summed E-state index contributed by atoms with van der Waals surface area (Å²) in [5.41, 5.74) is 10.2. The Morgan fingerprint density at radius 1 is 0.535 bits per heavy atom. The molecular formula is C40H41N3+2. The molecule has 2 aliphatic rings. The molecule has 5 aromatic rings. The molecule has 0 bridgehead atoms. The van der Waals surface area contributed by atoms with Crippen LogP contribution in [0.25, 0.3) is 33.7 Å². The third kappa shape index (κ3) is 4.17. The largest absolute Gasteiger partial charge is 0.356 e. The van der Waals surface area contributed by atoms with E-state index < -0.39 is 0 Å². The zero-order valence-corrected chi connectivity index (χ0v) is 26.2. The van der Waals surface area contributed by atoms with E-state index in [1.165, 1.54) is 55.5 Å². The number of hydrogen-bond donors (Lipinski definition) is 1. The zero-order chi connectivity index (χ0) is 29.9. The van der Waals surface area contributed by atoms with Gasteiger partial charge in [0.1, 0.15) is 13.1 Å². The molecule has 1 N–H and O–H groups in total. The van der Waals surface area contributed by atoms with Crippen LogP contribution in [0.15, 0.2) is 97.1 Å². The molecule has 0 fully saturated rings. The van der Waals surface area contributed by atoms with Crippen molar-refractivity contribution in [3.63, 3.8) is 0 Å². The number of nitrogens with one attached hydrogen (secondary N) is 1. The van der Waals surface area contributed by atoms with Gasteiger partial charge in [-0.25, -0.2) is 0 Å². The van der Waals surface area contributed by atoms with E-state index in [1.54, 1.807) is 0 Å². The normalized spacial score (nSPS) is 17.3. The van der Waals surface area contributed by atoms with Crippen LogP contribution in [0.2, 0.25) is 0 Å². The number of aromatic amines is 1. The van der Waals surface area contributed by atoms with Crippen LogP contribution >= 0.6 is 0 Å². The van der Waals surface area contributed by atoms with E-state index in [0.717, 1.165) is 24.5 Å². The Hall–Kier alpha value is -4.50. The Labute approximate surface area is 255 Å². The number of hydrogen-bond acceptors (Lipinski definition) is 0.